The van der Waals surface area contributed by atoms with Crippen molar-refractivity contribution in [2.75, 3.05) is 6.61 Å². The van der Waals surface area contributed by atoms with E-state index in [1.807, 2.05) is 0 Å². The second-order valence-electron chi connectivity index (χ2n) is 2.61. The highest BCUT2D eigenvalue weighted by atomic mass is 16.6. The molecule has 5 nitrogen and oxygen atoms in total. The minimum atomic E-state index is -1.11. The number of aliphatic hydroxyl groups excluding tert-OH is 4. The van der Waals surface area contributed by atoms with Gasteiger partial charge in [-0.15, -0.1) is 0 Å². The summed E-state index contributed by atoms with van der Waals surface area (Å²) in [6, 6.07) is 0. The van der Waals surface area contributed by atoms with Crippen molar-refractivity contribution in [3.05, 3.63) is 0 Å². The molecular weight excluding hydrogens is 152 g/mol. The van der Waals surface area contributed by atoms with Gasteiger partial charge in [-0.2, -0.15) is 0 Å². The fourth-order valence-electron chi connectivity index (χ4n) is 1.08. The monoisotopic (exact) mass is 164 g/mol. The van der Waals surface area contributed by atoms with Crippen molar-refractivity contribution in [1.29, 1.82) is 0 Å². The highest BCUT2D eigenvalue weighted by Crippen LogP contribution is 2.18. The minimum absolute atomic E-state index is 0.0162. The van der Waals surface area contributed by atoms with Gasteiger partial charge in [-0.25, -0.2) is 0 Å². The second kappa shape index (κ2) is 3.46. The van der Waals surface area contributed by atoms with Crippen molar-refractivity contribution < 1.29 is 25.2 Å². The summed E-state index contributed by atoms with van der Waals surface area (Å²) in [6.45, 7) is -0.407. The molecule has 5 heteroatoms. The van der Waals surface area contributed by atoms with Crippen LogP contribution in [0.2, 0.25) is 0 Å². The molecular formula is C6H12O5. The van der Waals surface area contributed by atoms with Crippen LogP contribution >= 0.6 is 0 Å². The van der Waals surface area contributed by atoms with Crippen LogP contribution < -0.4 is 0 Å². The zero-order chi connectivity index (χ0) is 8.43. The number of rotatable bonds is 1. The van der Waals surface area contributed by atoms with Gasteiger partial charge >= 0.3 is 0 Å². The lowest BCUT2D eigenvalue weighted by atomic mass is 10.0. The zero-order valence-corrected chi connectivity index (χ0v) is 5.92. The van der Waals surface area contributed by atoms with Crippen LogP contribution in [0, 0.1) is 0 Å². The molecule has 1 aliphatic rings. The first-order valence-corrected chi connectivity index (χ1v) is 3.45. The molecule has 0 radical (unpaired) electrons. The predicted molar refractivity (Wildman–Crippen MR) is 34.6 cm³/mol. The van der Waals surface area contributed by atoms with Gasteiger partial charge < -0.3 is 25.2 Å². The van der Waals surface area contributed by atoms with Crippen LogP contribution in [0.5, 0.6) is 0 Å². The molecule has 11 heavy (non-hydrogen) atoms. The average molecular weight is 164 g/mol. The summed E-state index contributed by atoms with van der Waals surface area (Å²) in [5.74, 6) is 0. The highest BCUT2D eigenvalue weighted by Gasteiger charge is 2.35. The molecule has 1 aliphatic heterocycles. The van der Waals surface area contributed by atoms with Crippen LogP contribution in [0.1, 0.15) is 6.42 Å². The van der Waals surface area contributed by atoms with E-state index in [9.17, 15) is 0 Å². The van der Waals surface area contributed by atoms with E-state index in [0.29, 0.717) is 0 Å². The van der Waals surface area contributed by atoms with Crippen molar-refractivity contribution in [2.24, 2.45) is 0 Å². The number of ether oxygens (including phenoxy) is 1. The molecule has 4 atom stereocenters. The molecule has 1 heterocycles. The van der Waals surface area contributed by atoms with Gasteiger partial charge in [-0.3, -0.25) is 0 Å². The molecule has 0 bridgehead atoms. The Morgan fingerprint density at radius 3 is 2.45 bits per heavy atom. The van der Waals surface area contributed by atoms with E-state index in [1.165, 1.54) is 0 Å². The first-order chi connectivity index (χ1) is 5.15. The van der Waals surface area contributed by atoms with Crippen LogP contribution in [0.4, 0.5) is 0 Å². The van der Waals surface area contributed by atoms with Crippen LogP contribution in [-0.4, -0.2) is 51.6 Å². The Morgan fingerprint density at radius 1 is 1.27 bits per heavy atom. The molecule has 1 saturated heterocycles. The molecule has 0 aromatic rings. The first-order valence-electron chi connectivity index (χ1n) is 3.45. The summed E-state index contributed by atoms with van der Waals surface area (Å²) in [6.07, 6.45) is -4.11. The molecule has 0 saturated carbocycles. The van der Waals surface area contributed by atoms with Gasteiger partial charge in [0, 0.05) is 6.42 Å². The third-order valence-corrected chi connectivity index (χ3v) is 1.73. The highest BCUT2D eigenvalue weighted by molar-refractivity contribution is 4.81. The third kappa shape index (κ3) is 1.88. The first kappa shape index (κ1) is 8.89. The van der Waals surface area contributed by atoms with Crippen LogP contribution in [0.3, 0.4) is 0 Å². The zero-order valence-electron chi connectivity index (χ0n) is 5.92. The molecule has 1 fully saturated rings. The number of hydrogen-bond donors (Lipinski definition) is 4. The maximum atomic E-state index is 9.11. The Balaban J connectivity index is 2.51. The predicted octanol–water partition coefficient (Wildman–Crippen LogP) is -2.19. The molecule has 0 unspecified atom stereocenters. The van der Waals surface area contributed by atoms with E-state index < -0.39 is 31.2 Å². The fraction of sp³-hybridized carbons (Fsp3) is 1.00. The topological polar surface area (TPSA) is 90.2 Å². The van der Waals surface area contributed by atoms with Crippen LogP contribution in [0.25, 0.3) is 0 Å². The van der Waals surface area contributed by atoms with Gasteiger partial charge in [0.05, 0.1) is 12.7 Å². The SMILES string of the molecule is OC[C@H]1O[C@H](O)C[C@@H](O)[C@@H]1O. The normalized spacial score (nSPS) is 45.8. The summed E-state index contributed by atoms with van der Waals surface area (Å²) >= 11 is 0. The molecule has 0 aliphatic carbocycles. The Hall–Kier alpha value is -0.200. The van der Waals surface area contributed by atoms with E-state index in [4.69, 9.17) is 25.2 Å². The van der Waals surface area contributed by atoms with E-state index in [1.54, 1.807) is 0 Å². The van der Waals surface area contributed by atoms with Gasteiger partial charge in [-0.1, -0.05) is 0 Å². The second-order valence-corrected chi connectivity index (χ2v) is 2.61. The van der Waals surface area contributed by atoms with Crippen molar-refractivity contribution in [2.45, 2.75) is 31.0 Å². The molecule has 0 spiro atoms. The molecule has 66 valence electrons. The van der Waals surface area contributed by atoms with Gasteiger partial charge in [0.2, 0.25) is 0 Å². The van der Waals surface area contributed by atoms with Gasteiger partial charge in [-0.05, 0) is 0 Å². The Bertz CT molecular complexity index is 128. The largest absolute Gasteiger partial charge is 0.394 e. The molecule has 1 rings (SSSR count). The Labute approximate surface area is 63.8 Å². The van der Waals surface area contributed by atoms with Crippen molar-refractivity contribution in [3.63, 3.8) is 0 Å². The van der Waals surface area contributed by atoms with E-state index >= 15 is 0 Å². The Morgan fingerprint density at radius 2 is 1.91 bits per heavy atom. The smallest absolute Gasteiger partial charge is 0.157 e. The third-order valence-electron chi connectivity index (χ3n) is 1.73. The minimum Gasteiger partial charge on any atom is -0.394 e. The summed E-state index contributed by atoms with van der Waals surface area (Å²) < 4.78 is 4.71. The maximum absolute atomic E-state index is 9.11. The lowest BCUT2D eigenvalue weighted by molar-refractivity contribution is -0.239. The van der Waals surface area contributed by atoms with Crippen LogP contribution in [0.15, 0.2) is 0 Å². The molecule has 0 aromatic heterocycles. The van der Waals surface area contributed by atoms with Gasteiger partial charge in [0.15, 0.2) is 6.29 Å². The van der Waals surface area contributed by atoms with Gasteiger partial charge in [0.1, 0.15) is 12.2 Å². The average Bonchev–Trinajstić information content (AvgIpc) is 1.96. The summed E-state index contributed by atoms with van der Waals surface area (Å²) in [5, 5.41) is 35.6. The quantitative estimate of drug-likeness (QED) is 0.353. The Kier molecular flexibility index (Phi) is 2.80. The van der Waals surface area contributed by atoms with E-state index in [0.717, 1.165) is 0 Å². The standard InChI is InChI=1S/C6H12O5/c7-2-4-6(10)3(8)1-5(9)11-4/h3-10H,1-2H2/t3-,4-,5+,6+/m1/s1. The molecule has 0 amide bonds. The van der Waals surface area contributed by atoms with Crippen molar-refractivity contribution in [1.82, 2.24) is 0 Å². The summed E-state index contributed by atoms with van der Waals surface area (Å²) in [4.78, 5) is 0. The number of aliphatic hydroxyl groups is 4. The molecule has 4 N–H and O–H groups in total. The lowest BCUT2D eigenvalue weighted by Gasteiger charge is -2.33. The summed E-state index contributed by atoms with van der Waals surface area (Å²) in [5.41, 5.74) is 0. The van der Waals surface area contributed by atoms with Crippen LogP contribution in [-0.2, 0) is 4.74 Å². The molecule has 0 aromatic carbocycles. The van der Waals surface area contributed by atoms with Crippen molar-refractivity contribution in [3.8, 4) is 0 Å². The van der Waals surface area contributed by atoms with E-state index in [-0.39, 0.29) is 6.42 Å². The maximum Gasteiger partial charge on any atom is 0.157 e. The van der Waals surface area contributed by atoms with E-state index in [2.05, 4.69) is 0 Å². The lowest BCUT2D eigenvalue weighted by Crippen LogP contribution is -2.49. The fourth-order valence-corrected chi connectivity index (χ4v) is 1.08. The van der Waals surface area contributed by atoms with Crippen molar-refractivity contribution >= 4 is 0 Å². The number of hydrogen-bond acceptors (Lipinski definition) is 5. The summed E-state index contributed by atoms with van der Waals surface area (Å²) in [7, 11) is 0. The van der Waals surface area contributed by atoms with Gasteiger partial charge in [0.25, 0.3) is 0 Å².